The minimum atomic E-state index is -0.584. The van der Waals surface area contributed by atoms with E-state index in [2.05, 4.69) is 16.6 Å². The average Bonchev–Trinajstić information content (AvgIpc) is 2.50. The summed E-state index contributed by atoms with van der Waals surface area (Å²) >= 11 is 0. The fourth-order valence-electron chi connectivity index (χ4n) is 1.99. The van der Waals surface area contributed by atoms with Crippen molar-refractivity contribution in [3.05, 3.63) is 35.7 Å². The van der Waals surface area contributed by atoms with E-state index >= 15 is 0 Å². The van der Waals surface area contributed by atoms with Gasteiger partial charge in [0.1, 0.15) is 5.82 Å². The van der Waals surface area contributed by atoms with Crippen molar-refractivity contribution < 1.29 is 19.0 Å². The lowest BCUT2D eigenvalue weighted by Crippen LogP contribution is -2.08. The van der Waals surface area contributed by atoms with Crippen LogP contribution in [0.4, 0.5) is 10.1 Å². The first-order chi connectivity index (χ1) is 10.1. The molecule has 0 unspecified atom stereocenters. The smallest absolute Gasteiger partial charge is 0.338 e. The van der Waals surface area contributed by atoms with Crippen molar-refractivity contribution >= 4 is 17.7 Å². The maximum absolute atomic E-state index is 14.0. The van der Waals surface area contributed by atoms with Crippen molar-refractivity contribution in [2.75, 3.05) is 25.6 Å². The molecule has 0 aliphatic carbocycles. The molecule has 0 aromatic heterocycles. The van der Waals surface area contributed by atoms with Crippen molar-refractivity contribution in [3.8, 4) is 0 Å². The SMILES string of the molecule is C=Cc1cc(NCCCCCCO)c(F)cc1C(=O)OC. The van der Waals surface area contributed by atoms with Crippen LogP contribution in [0.3, 0.4) is 0 Å². The molecule has 116 valence electrons. The fourth-order valence-corrected chi connectivity index (χ4v) is 1.99. The van der Waals surface area contributed by atoms with Gasteiger partial charge in [0, 0.05) is 13.2 Å². The van der Waals surface area contributed by atoms with E-state index in [1.54, 1.807) is 6.07 Å². The second-order valence-electron chi connectivity index (χ2n) is 4.68. The highest BCUT2D eigenvalue weighted by Crippen LogP contribution is 2.22. The quantitative estimate of drug-likeness (QED) is 0.542. The zero-order valence-corrected chi connectivity index (χ0v) is 12.3. The Kier molecular flexibility index (Phi) is 7.46. The van der Waals surface area contributed by atoms with Crippen LogP contribution in [0.2, 0.25) is 0 Å². The van der Waals surface area contributed by atoms with Gasteiger partial charge in [0.2, 0.25) is 0 Å². The molecule has 0 spiro atoms. The molecule has 21 heavy (non-hydrogen) atoms. The van der Waals surface area contributed by atoms with Gasteiger partial charge in [-0.2, -0.15) is 0 Å². The largest absolute Gasteiger partial charge is 0.465 e. The van der Waals surface area contributed by atoms with Crippen molar-refractivity contribution in [1.29, 1.82) is 0 Å². The number of unbranched alkanes of at least 4 members (excludes halogenated alkanes) is 3. The van der Waals surface area contributed by atoms with Crippen LogP contribution in [0.25, 0.3) is 6.08 Å². The third kappa shape index (κ3) is 5.19. The number of rotatable bonds is 9. The van der Waals surface area contributed by atoms with E-state index in [0.717, 1.165) is 31.7 Å². The van der Waals surface area contributed by atoms with Gasteiger partial charge >= 0.3 is 5.97 Å². The van der Waals surface area contributed by atoms with Crippen LogP contribution in [0.15, 0.2) is 18.7 Å². The molecule has 0 atom stereocenters. The fraction of sp³-hybridized carbons (Fsp3) is 0.438. The highest BCUT2D eigenvalue weighted by atomic mass is 19.1. The summed E-state index contributed by atoms with van der Waals surface area (Å²) in [5.74, 6) is -1.07. The first-order valence-electron chi connectivity index (χ1n) is 7.03. The molecule has 0 aliphatic rings. The Balaban J connectivity index is 2.67. The number of aliphatic hydroxyl groups excluding tert-OH is 1. The Morgan fingerprint density at radius 2 is 2.10 bits per heavy atom. The lowest BCUT2D eigenvalue weighted by molar-refractivity contribution is 0.0600. The molecule has 0 radical (unpaired) electrons. The highest BCUT2D eigenvalue weighted by molar-refractivity contribution is 5.94. The molecule has 5 heteroatoms. The summed E-state index contributed by atoms with van der Waals surface area (Å²) in [6, 6.07) is 2.72. The van der Waals surface area contributed by atoms with E-state index in [1.165, 1.54) is 13.2 Å². The van der Waals surface area contributed by atoms with Crippen LogP contribution in [-0.2, 0) is 4.74 Å². The number of benzene rings is 1. The summed E-state index contributed by atoms with van der Waals surface area (Å²) in [4.78, 5) is 11.5. The summed E-state index contributed by atoms with van der Waals surface area (Å²) in [7, 11) is 1.26. The molecule has 4 nitrogen and oxygen atoms in total. The zero-order chi connectivity index (χ0) is 15.7. The average molecular weight is 295 g/mol. The zero-order valence-electron chi connectivity index (χ0n) is 12.3. The molecule has 0 heterocycles. The van der Waals surface area contributed by atoms with Crippen molar-refractivity contribution in [2.45, 2.75) is 25.7 Å². The number of nitrogens with one attached hydrogen (secondary N) is 1. The number of hydrogen-bond acceptors (Lipinski definition) is 4. The molecule has 0 aliphatic heterocycles. The molecule has 2 N–H and O–H groups in total. The first kappa shape index (κ1) is 17.2. The highest BCUT2D eigenvalue weighted by Gasteiger charge is 2.14. The third-order valence-electron chi connectivity index (χ3n) is 3.16. The van der Waals surface area contributed by atoms with E-state index in [-0.39, 0.29) is 12.2 Å². The number of anilines is 1. The molecule has 1 aromatic carbocycles. The Bertz CT molecular complexity index is 489. The minimum absolute atomic E-state index is 0.165. The number of esters is 1. The van der Waals surface area contributed by atoms with E-state index in [9.17, 15) is 9.18 Å². The molecular formula is C16H22FNO3. The van der Waals surface area contributed by atoms with Crippen LogP contribution in [-0.4, -0.2) is 31.3 Å². The maximum Gasteiger partial charge on any atom is 0.338 e. The Labute approximate surface area is 124 Å². The molecule has 0 fully saturated rings. The van der Waals surface area contributed by atoms with Gasteiger partial charge in [0.25, 0.3) is 0 Å². The maximum atomic E-state index is 14.0. The third-order valence-corrected chi connectivity index (χ3v) is 3.16. The van der Waals surface area contributed by atoms with Gasteiger partial charge in [-0.15, -0.1) is 0 Å². The Morgan fingerprint density at radius 3 is 2.71 bits per heavy atom. The van der Waals surface area contributed by atoms with E-state index in [1.807, 2.05) is 0 Å². The van der Waals surface area contributed by atoms with Crippen LogP contribution in [0.5, 0.6) is 0 Å². The number of halogens is 1. The lowest BCUT2D eigenvalue weighted by Gasteiger charge is -2.11. The van der Waals surface area contributed by atoms with Crippen molar-refractivity contribution in [2.24, 2.45) is 0 Å². The number of carbonyl (C=O) groups excluding carboxylic acids is 1. The van der Waals surface area contributed by atoms with Crippen LogP contribution < -0.4 is 5.32 Å². The lowest BCUT2D eigenvalue weighted by atomic mass is 10.1. The number of methoxy groups -OCH3 is 1. The number of hydrogen-bond donors (Lipinski definition) is 2. The molecule has 1 aromatic rings. The number of carbonyl (C=O) groups is 1. The van der Waals surface area contributed by atoms with Crippen molar-refractivity contribution in [1.82, 2.24) is 0 Å². The van der Waals surface area contributed by atoms with Crippen molar-refractivity contribution in [3.63, 3.8) is 0 Å². The molecule has 0 saturated carbocycles. The first-order valence-corrected chi connectivity index (χ1v) is 7.03. The second kappa shape index (κ2) is 9.13. The van der Waals surface area contributed by atoms with Gasteiger partial charge in [-0.1, -0.05) is 25.5 Å². The predicted molar refractivity (Wildman–Crippen MR) is 81.9 cm³/mol. The van der Waals surface area contributed by atoms with Gasteiger partial charge in [0.15, 0.2) is 0 Å². The number of ether oxygens (including phenoxy) is 1. The minimum Gasteiger partial charge on any atom is -0.465 e. The summed E-state index contributed by atoms with van der Waals surface area (Å²) in [6.07, 6.45) is 5.12. The summed E-state index contributed by atoms with van der Waals surface area (Å²) in [5.41, 5.74) is 1.05. The van der Waals surface area contributed by atoms with Gasteiger partial charge in [-0.3, -0.25) is 0 Å². The van der Waals surface area contributed by atoms with E-state index < -0.39 is 11.8 Å². The normalized spacial score (nSPS) is 10.2. The molecule has 0 bridgehead atoms. The Morgan fingerprint density at radius 1 is 1.38 bits per heavy atom. The standard InChI is InChI=1S/C16H22FNO3/c1-3-12-10-15(18-8-6-4-5-7-9-19)14(17)11-13(12)16(20)21-2/h3,10-11,18-19H,1,4-9H2,2H3. The van der Waals surface area contributed by atoms with Crippen LogP contribution in [0, 0.1) is 5.82 Å². The summed E-state index contributed by atoms with van der Waals surface area (Å²) in [6.45, 7) is 4.47. The number of aliphatic hydroxyl groups is 1. The summed E-state index contributed by atoms with van der Waals surface area (Å²) < 4.78 is 18.6. The van der Waals surface area contributed by atoms with Gasteiger partial charge < -0.3 is 15.2 Å². The van der Waals surface area contributed by atoms with Crippen LogP contribution in [0.1, 0.15) is 41.6 Å². The van der Waals surface area contributed by atoms with E-state index in [4.69, 9.17) is 5.11 Å². The molecule has 0 saturated heterocycles. The molecule has 0 amide bonds. The predicted octanol–water partition coefficient (Wildman–Crippen LogP) is 3.22. The van der Waals surface area contributed by atoms with Gasteiger partial charge in [-0.25, -0.2) is 9.18 Å². The van der Waals surface area contributed by atoms with E-state index in [0.29, 0.717) is 17.8 Å². The topological polar surface area (TPSA) is 58.6 Å². The molecular weight excluding hydrogens is 273 g/mol. The van der Waals surface area contributed by atoms with Gasteiger partial charge in [0.05, 0.1) is 18.4 Å². The summed E-state index contributed by atoms with van der Waals surface area (Å²) in [5, 5.41) is 11.7. The second-order valence-corrected chi connectivity index (χ2v) is 4.68. The monoisotopic (exact) mass is 295 g/mol. The van der Waals surface area contributed by atoms with Gasteiger partial charge in [-0.05, 0) is 30.5 Å². The molecule has 1 rings (SSSR count). The van der Waals surface area contributed by atoms with Crippen LogP contribution >= 0.6 is 0 Å². The Hall–Kier alpha value is -1.88.